The quantitative estimate of drug-likeness (QED) is 0.530. The molecule has 5 heteroatoms. The first kappa shape index (κ1) is 19.8. The minimum atomic E-state index is -0.0600. The largest absolute Gasteiger partial charge is 0.497 e. The van der Waals surface area contributed by atoms with E-state index in [4.69, 9.17) is 22.8 Å². The summed E-state index contributed by atoms with van der Waals surface area (Å²) >= 11 is 5.88. The third-order valence-electron chi connectivity index (χ3n) is 3.57. The molecule has 0 radical (unpaired) electrons. The molecule has 0 fully saturated rings. The summed E-state index contributed by atoms with van der Waals surface area (Å²) in [6.45, 7) is 4.60. The van der Waals surface area contributed by atoms with Gasteiger partial charge in [0.15, 0.2) is 0 Å². The van der Waals surface area contributed by atoms with Crippen molar-refractivity contribution in [3.63, 3.8) is 0 Å². The van der Waals surface area contributed by atoms with E-state index in [1.807, 2.05) is 38.1 Å². The van der Waals surface area contributed by atoms with Crippen molar-refractivity contribution in [2.75, 3.05) is 13.8 Å². The van der Waals surface area contributed by atoms with Gasteiger partial charge in [-0.25, -0.2) is 0 Å². The average Bonchev–Trinajstić information content (AvgIpc) is 2.60. The van der Waals surface area contributed by atoms with Crippen molar-refractivity contribution in [2.24, 2.45) is 10.9 Å². The van der Waals surface area contributed by atoms with Crippen LogP contribution in [0.1, 0.15) is 25.8 Å². The molecule has 0 spiro atoms. The van der Waals surface area contributed by atoms with Crippen molar-refractivity contribution in [3.05, 3.63) is 40.9 Å². The van der Waals surface area contributed by atoms with Crippen LogP contribution in [-0.2, 0) is 11.3 Å². The summed E-state index contributed by atoms with van der Waals surface area (Å²) in [6, 6.07) is 7.61. The summed E-state index contributed by atoms with van der Waals surface area (Å²) < 4.78 is 5.15. The number of rotatable bonds is 8. The number of benzene rings is 1. The SMILES string of the molecule is C#C/C=C(Cl)\C=N/CN(Cc1ccc(OC)cc1)C(=O)C(C)CC. The summed E-state index contributed by atoms with van der Waals surface area (Å²) in [7, 11) is 1.62. The van der Waals surface area contributed by atoms with Crippen molar-refractivity contribution >= 4 is 23.7 Å². The van der Waals surface area contributed by atoms with Crippen LogP contribution in [0.25, 0.3) is 0 Å². The molecule has 0 bridgehead atoms. The van der Waals surface area contributed by atoms with E-state index in [-0.39, 0.29) is 18.5 Å². The minimum Gasteiger partial charge on any atom is -0.497 e. The predicted molar refractivity (Wildman–Crippen MR) is 99.1 cm³/mol. The van der Waals surface area contributed by atoms with Crippen LogP contribution < -0.4 is 4.74 Å². The normalized spacial score (nSPS) is 12.7. The molecule has 1 rings (SSSR count). The summed E-state index contributed by atoms with van der Waals surface area (Å²) in [5.74, 6) is 3.11. The lowest BCUT2D eigenvalue weighted by Crippen LogP contribution is -2.34. The Morgan fingerprint density at radius 1 is 1.46 bits per heavy atom. The van der Waals surface area contributed by atoms with Gasteiger partial charge in [-0.05, 0) is 24.1 Å². The van der Waals surface area contributed by atoms with E-state index in [1.165, 1.54) is 12.3 Å². The zero-order valence-electron chi connectivity index (χ0n) is 14.3. The Labute approximate surface area is 149 Å². The van der Waals surface area contributed by atoms with Crippen LogP contribution in [0.4, 0.5) is 0 Å². The number of carbonyl (C=O) groups excluding carboxylic acids is 1. The lowest BCUT2D eigenvalue weighted by molar-refractivity contribution is -0.135. The Balaban J connectivity index is 2.86. The van der Waals surface area contributed by atoms with Gasteiger partial charge in [-0.1, -0.05) is 43.5 Å². The number of amides is 1. The van der Waals surface area contributed by atoms with Crippen LogP contribution in [0.15, 0.2) is 40.4 Å². The molecule has 0 aromatic heterocycles. The number of methoxy groups -OCH3 is 1. The highest BCUT2D eigenvalue weighted by Gasteiger charge is 2.18. The molecule has 4 nitrogen and oxygen atoms in total. The molecule has 0 saturated heterocycles. The van der Waals surface area contributed by atoms with E-state index >= 15 is 0 Å². The summed E-state index contributed by atoms with van der Waals surface area (Å²) in [5, 5.41) is 0.359. The second-order valence-corrected chi connectivity index (χ2v) is 5.78. The fourth-order valence-electron chi connectivity index (χ4n) is 1.98. The van der Waals surface area contributed by atoms with E-state index < -0.39 is 0 Å². The van der Waals surface area contributed by atoms with Gasteiger partial charge in [-0.3, -0.25) is 9.79 Å². The number of ether oxygens (including phenoxy) is 1. The Bertz CT molecular complexity index is 630. The number of terminal acetylenes is 1. The number of nitrogens with zero attached hydrogens (tertiary/aromatic N) is 2. The Morgan fingerprint density at radius 2 is 2.12 bits per heavy atom. The molecule has 0 heterocycles. The van der Waals surface area contributed by atoms with Crippen molar-refractivity contribution in [2.45, 2.75) is 26.8 Å². The van der Waals surface area contributed by atoms with Gasteiger partial charge in [0.05, 0.1) is 12.1 Å². The molecule has 1 atom stereocenters. The number of allylic oxidation sites excluding steroid dienone is 2. The molecule has 128 valence electrons. The first-order valence-electron chi connectivity index (χ1n) is 7.75. The Morgan fingerprint density at radius 3 is 2.67 bits per heavy atom. The molecular formula is C19H23ClN2O2. The first-order chi connectivity index (χ1) is 11.5. The predicted octanol–water partition coefficient (Wildman–Crippen LogP) is 3.85. The molecule has 0 N–H and O–H groups in total. The first-order valence-corrected chi connectivity index (χ1v) is 8.12. The van der Waals surface area contributed by atoms with E-state index in [0.717, 1.165) is 17.7 Å². The molecule has 1 aromatic carbocycles. The zero-order chi connectivity index (χ0) is 17.9. The molecule has 1 aromatic rings. The highest BCUT2D eigenvalue weighted by molar-refractivity contribution is 6.39. The summed E-state index contributed by atoms with van der Waals surface area (Å²) in [5.41, 5.74) is 1.01. The highest BCUT2D eigenvalue weighted by atomic mass is 35.5. The lowest BCUT2D eigenvalue weighted by Gasteiger charge is -2.24. The maximum Gasteiger partial charge on any atom is 0.227 e. The lowest BCUT2D eigenvalue weighted by atomic mass is 10.1. The van der Waals surface area contributed by atoms with E-state index in [9.17, 15) is 4.79 Å². The molecule has 1 amide bonds. The minimum absolute atomic E-state index is 0.0579. The van der Waals surface area contributed by atoms with Crippen LogP contribution in [0.3, 0.4) is 0 Å². The smallest absolute Gasteiger partial charge is 0.227 e. The monoisotopic (exact) mass is 346 g/mol. The van der Waals surface area contributed by atoms with Crippen LogP contribution in [0.2, 0.25) is 0 Å². The maximum atomic E-state index is 12.6. The van der Waals surface area contributed by atoms with Gasteiger partial charge in [0.2, 0.25) is 5.91 Å². The fourth-order valence-corrected chi connectivity index (χ4v) is 2.11. The van der Waals surface area contributed by atoms with Crippen molar-refractivity contribution in [1.82, 2.24) is 4.90 Å². The Kier molecular flexibility index (Phi) is 8.67. The van der Waals surface area contributed by atoms with Gasteiger partial charge in [-0.15, -0.1) is 6.42 Å². The third kappa shape index (κ3) is 6.47. The molecule has 1 unspecified atom stereocenters. The number of aliphatic imine (C=N–C) groups is 1. The number of hydrogen-bond acceptors (Lipinski definition) is 3. The molecule has 0 aliphatic heterocycles. The van der Waals surface area contributed by atoms with Gasteiger partial charge in [0, 0.05) is 24.8 Å². The number of halogens is 1. The second-order valence-electron chi connectivity index (χ2n) is 5.34. The van der Waals surface area contributed by atoms with Gasteiger partial charge in [0.25, 0.3) is 0 Å². The van der Waals surface area contributed by atoms with Gasteiger partial charge in [-0.2, -0.15) is 0 Å². The topological polar surface area (TPSA) is 41.9 Å². The van der Waals surface area contributed by atoms with Crippen molar-refractivity contribution in [1.29, 1.82) is 0 Å². The number of carbonyl (C=O) groups is 1. The van der Waals surface area contributed by atoms with Gasteiger partial charge in [0.1, 0.15) is 12.4 Å². The van der Waals surface area contributed by atoms with E-state index in [1.54, 1.807) is 12.0 Å². The van der Waals surface area contributed by atoms with Crippen LogP contribution in [0.5, 0.6) is 5.75 Å². The molecule has 24 heavy (non-hydrogen) atoms. The zero-order valence-corrected chi connectivity index (χ0v) is 15.1. The highest BCUT2D eigenvalue weighted by Crippen LogP contribution is 2.15. The van der Waals surface area contributed by atoms with Gasteiger partial charge < -0.3 is 9.64 Å². The van der Waals surface area contributed by atoms with Crippen LogP contribution in [0, 0.1) is 18.3 Å². The van der Waals surface area contributed by atoms with Crippen LogP contribution in [-0.4, -0.2) is 30.8 Å². The molecular weight excluding hydrogens is 324 g/mol. The standard InChI is InChI=1S/C19H23ClN2O2/c1-5-7-17(20)12-21-14-22(19(23)15(3)6-2)13-16-8-10-18(24-4)11-9-16/h1,7-12,15H,6,13-14H2,2-4H3/b17-7+,21-12-. The van der Waals surface area contributed by atoms with Crippen molar-refractivity contribution < 1.29 is 9.53 Å². The summed E-state index contributed by atoms with van der Waals surface area (Å²) in [4.78, 5) is 18.5. The average molecular weight is 347 g/mol. The maximum absolute atomic E-state index is 12.6. The molecule has 0 saturated carbocycles. The second kappa shape index (κ2) is 10.5. The fraction of sp³-hybridized carbons (Fsp3) is 0.368. The Hall–Kier alpha value is -2.25. The number of hydrogen-bond donors (Lipinski definition) is 0. The van der Waals surface area contributed by atoms with Crippen LogP contribution >= 0.6 is 11.6 Å². The molecule has 0 aliphatic carbocycles. The van der Waals surface area contributed by atoms with Gasteiger partial charge >= 0.3 is 0 Å². The van der Waals surface area contributed by atoms with Crippen molar-refractivity contribution in [3.8, 4) is 18.1 Å². The van der Waals surface area contributed by atoms with E-state index in [0.29, 0.717) is 11.6 Å². The third-order valence-corrected chi connectivity index (χ3v) is 3.77. The summed E-state index contributed by atoms with van der Waals surface area (Å²) in [6.07, 6.45) is 8.80. The molecule has 0 aliphatic rings. The van der Waals surface area contributed by atoms with E-state index in [2.05, 4.69) is 10.9 Å².